The van der Waals surface area contributed by atoms with Crippen molar-refractivity contribution in [3.8, 4) is 0 Å². The maximum absolute atomic E-state index is 11.6. The van der Waals surface area contributed by atoms with E-state index in [1.165, 1.54) is 0 Å². The number of carbonyl (C=O) groups excluding carboxylic acids is 1. The molecule has 5 heteroatoms. The van der Waals surface area contributed by atoms with Crippen LogP contribution < -0.4 is 11.1 Å². The summed E-state index contributed by atoms with van der Waals surface area (Å²) >= 11 is 3.37. The van der Waals surface area contributed by atoms with E-state index in [9.17, 15) is 4.79 Å². The number of halogens is 1. The summed E-state index contributed by atoms with van der Waals surface area (Å²) in [5, 5.41) is 3.25. The Balaban J connectivity index is 2.57. The van der Waals surface area contributed by atoms with Gasteiger partial charge in [0.25, 0.3) is 0 Å². The molecule has 0 heterocycles. The van der Waals surface area contributed by atoms with Crippen LogP contribution in [-0.4, -0.2) is 37.5 Å². The number of nitrogens with two attached hydrogens (primary N) is 1. The van der Waals surface area contributed by atoms with E-state index in [2.05, 4.69) is 21.2 Å². The number of amides is 1. The molecular weight excluding hydrogens is 282 g/mol. The van der Waals surface area contributed by atoms with Gasteiger partial charge in [0.15, 0.2) is 0 Å². The van der Waals surface area contributed by atoms with E-state index in [0.717, 1.165) is 10.2 Å². The first-order valence-corrected chi connectivity index (χ1v) is 6.24. The van der Waals surface area contributed by atoms with Gasteiger partial charge in [-0.1, -0.05) is 15.9 Å². The van der Waals surface area contributed by atoms with Crippen LogP contribution in [0.3, 0.4) is 0 Å². The lowest BCUT2D eigenvalue weighted by molar-refractivity contribution is -0.128. The molecular formula is C12H18BrN3O. The number of benzene rings is 1. The Morgan fingerprint density at radius 1 is 1.41 bits per heavy atom. The van der Waals surface area contributed by atoms with Crippen LogP contribution in [0.1, 0.15) is 6.42 Å². The second kappa shape index (κ2) is 6.61. The lowest BCUT2D eigenvalue weighted by atomic mass is 10.1. The average molecular weight is 300 g/mol. The Labute approximate surface area is 110 Å². The zero-order valence-electron chi connectivity index (χ0n) is 10.1. The van der Waals surface area contributed by atoms with Crippen molar-refractivity contribution in [2.24, 2.45) is 5.73 Å². The number of hydrogen-bond acceptors (Lipinski definition) is 3. The normalized spacial score (nSPS) is 12.0. The molecule has 1 aromatic carbocycles. The zero-order valence-corrected chi connectivity index (χ0v) is 11.7. The van der Waals surface area contributed by atoms with Crippen molar-refractivity contribution in [3.05, 3.63) is 28.7 Å². The Morgan fingerprint density at radius 2 is 2.00 bits per heavy atom. The molecule has 0 aromatic heterocycles. The summed E-state index contributed by atoms with van der Waals surface area (Å²) in [5.41, 5.74) is 6.62. The Morgan fingerprint density at radius 3 is 2.47 bits per heavy atom. The fourth-order valence-electron chi connectivity index (χ4n) is 1.37. The molecule has 17 heavy (non-hydrogen) atoms. The first kappa shape index (κ1) is 14.0. The van der Waals surface area contributed by atoms with Gasteiger partial charge in [0, 0.05) is 43.3 Å². The topological polar surface area (TPSA) is 58.4 Å². The van der Waals surface area contributed by atoms with Crippen LogP contribution in [0.15, 0.2) is 28.7 Å². The van der Waals surface area contributed by atoms with Crippen LogP contribution >= 0.6 is 15.9 Å². The maximum atomic E-state index is 11.6. The summed E-state index contributed by atoms with van der Waals surface area (Å²) in [4.78, 5) is 13.2. The molecule has 0 fully saturated rings. The fraction of sp³-hybridized carbons (Fsp3) is 0.417. The number of nitrogens with zero attached hydrogens (tertiary/aromatic N) is 1. The second-order valence-corrected chi connectivity index (χ2v) is 4.99. The van der Waals surface area contributed by atoms with Gasteiger partial charge in [-0.2, -0.15) is 0 Å². The molecule has 0 radical (unpaired) electrons. The van der Waals surface area contributed by atoms with Gasteiger partial charge in [0.2, 0.25) is 5.91 Å². The number of nitrogens with one attached hydrogen (secondary N) is 1. The highest BCUT2D eigenvalue weighted by molar-refractivity contribution is 9.10. The summed E-state index contributed by atoms with van der Waals surface area (Å²) in [6.45, 7) is 0.426. The Kier molecular flexibility index (Phi) is 5.44. The van der Waals surface area contributed by atoms with Crippen molar-refractivity contribution < 1.29 is 4.79 Å². The molecule has 0 saturated carbocycles. The van der Waals surface area contributed by atoms with Gasteiger partial charge < -0.3 is 16.0 Å². The monoisotopic (exact) mass is 299 g/mol. The average Bonchev–Trinajstić information content (AvgIpc) is 2.30. The van der Waals surface area contributed by atoms with Crippen molar-refractivity contribution in [2.45, 2.75) is 12.5 Å². The van der Waals surface area contributed by atoms with Gasteiger partial charge >= 0.3 is 0 Å². The molecule has 3 N–H and O–H groups in total. The van der Waals surface area contributed by atoms with E-state index in [1.807, 2.05) is 24.3 Å². The summed E-state index contributed by atoms with van der Waals surface area (Å²) in [7, 11) is 3.49. The molecule has 0 aliphatic carbocycles. The molecule has 0 bridgehead atoms. The van der Waals surface area contributed by atoms with Gasteiger partial charge in [-0.05, 0) is 24.3 Å². The molecule has 0 aliphatic rings. The van der Waals surface area contributed by atoms with Crippen LogP contribution in [0.2, 0.25) is 0 Å². The van der Waals surface area contributed by atoms with E-state index >= 15 is 0 Å². The van der Waals surface area contributed by atoms with E-state index in [1.54, 1.807) is 19.0 Å². The second-order valence-electron chi connectivity index (χ2n) is 4.08. The van der Waals surface area contributed by atoms with E-state index in [-0.39, 0.29) is 11.9 Å². The van der Waals surface area contributed by atoms with Gasteiger partial charge in [-0.15, -0.1) is 0 Å². The highest BCUT2D eigenvalue weighted by atomic mass is 79.9. The largest absolute Gasteiger partial charge is 0.381 e. The summed E-state index contributed by atoms with van der Waals surface area (Å²) in [5.74, 6) is 0.0741. The minimum atomic E-state index is -0.0360. The third-order valence-corrected chi connectivity index (χ3v) is 2.95. The molecule has 1 aromatic rings. The quantitative estimate of drug-likeness (QED) is 0.869. The van der Waals surface area contributed by atoms with E-state index in [4.69, 9.17) is 5.73 Å². The molecule has 0 aliphatic heterocycles. The highest BCUT2D eigenvalue weighted by Crippen LogP contribution is 2.15. The number of anilines is 1. The first-order chi connectivity index (χ1) is 8.02. The van der Waals surface area contributed by atoms with Gasteiger partial charge in [-0.25, -0.2) is 0 Å². The fourth-order valence-corrected chi connectivity index (χ4v) is 1.63. The third kappa shape index (κ3) is 4.75. The molecule has 1 atom stereocenters. The SMILES string of the molecule is CN(C)C(=O)CC(CN)Nc1ccc(Br)cc1. The van der Waals surface area contributed by atoms with Gasteiger partial charge in [-0.3, -0.25) is 4.79 Å². The number of carbonyl (C=O) groups is 1. The predicted octanol–water partition coefficient (Wildman–Crippen LogP) is 1.67. The van der Waals surface area contributed by atoms with Crippen LogP contribution in [0.4, 0.5) is 5.69 Å². The Bertz CT molecular complexity index is 365. The molecule has 1 unspecified atom stereocenters. The van der Waals surface area contributed by atoms with E-state index < -0.39 is 0 Å². The maximum Gasteiger partial charge on any atom is 0.224 e. The van der Waals surface area contributed by atoms with Crippen LogP contribution in [0.5, 0.6) is 0 Å². The number of rotatable bonds is 5. The van der Waals surface area contributed by atoms with Crippen molar-refractivity contribution in [2.75, 3.05) is 26.0 Å². The van der Waals surface area contributed by atoms with Gasteiger partial charge in [0.1, 0.15) is 0 Å². The first-order valence-electron chi connectivity index (χ1n) is 5.45. The van der Waals surface area contributed by atoms with Crippen molar-refractivity contribution in [3.63, 3.8) is 0 Å². The molecule has 1 rings (SSSR count). The summed E-state index contributed by atoms with van der Waals surface area (Å²) < 4.78 is 1.02. The lowest BCUT2D eigenvalue weighted by Gasteiger charge is -2.19. The summed E-state index contributed by atoms with van der Waals surface area (Å²) in [6.07, 6.45) is 0.402. The number of hydrogen-bond donors (Lipinski definition) is 2. The molecule has 0 saturated heterocycles. The molecule has 94 valence electrons. The minimum absolute atomic E-state index is 0.0360. The standard InChI is InChI=1S/C12H18BrN3O/c1-16(2)12(17)7-11(8-14)15-10-5-3-9(13)4-6-10/h3-6,11,15H,7-8,14H2,1-2H3. The highest BCUT2D eigenvalue weighted by Gasteiger charge is 2.13. The molecule has 4 nitrogen and oxygen atoms in total. The van der Waals surface area contributed by atoms with Gasteiger partial charge in [0.05, 0.1) is 0 Å². The minimum Gasteiger partial charge on any atom is -0.381 e. The predicted molar refractivity (Wildman–Crippen MR) is 73.9 cm³/mol. The zero-order chi connectivity index (χ0) is 12.8. The smallest absolute Gasteiger partial charge is 0.224 e. The van der Waals surface area contributed by atoms with Crippen LogP contribution in [0.25, 0.3) is 0 Å². The third-order valence-electron chi connectivity index (χ3n) is 2.42. The van der Waals surface area contributed by atoms with Crippen molar-refractivity contribution in [1.82, 2.24) is 4.90 Å². The van der Waals surface area contributed by atoms with E-state index in [0.29, 0.717) is 13.0 Å². The lowest BCUT2D eigenvalue weighted by Crippen LogP contribution is -2.35. The van der Waals surface area contributed by atoms with Crippen molar-refractivity contribution in [1.29, 1.82) is 0 Å². The Hall–Kier alpha value is -1.07. The van der Waals surface area contributed by atoms with Crippen LogP contribution in [-0.2, 0) is 4.79 Å². The molecule has 1 amide bonds. The van der Waals surface area contributed by atoms with Crippen molar-refractivity contribution >= 4 is 27.5 Å². The molecule has 0 spiro atoms. The van der Waals surface area contributed by atoms with Crippen LogP contribution in [0, 0.1) is 0 Å². The summed E-state index contributed by atoms with van der Waals surface area (Å²) in [6, 6.07) is 7.76.